The van der Waals surface area contributed by atoms with Crippen molar-refractivity contribution in [1.82, 2.24) is 4.90 Å². The van der Waals surface area contributed by atoms with E-state index in [1.165, 1.54) is 6.42 Å². The smallest absolute Gasteiger partial charge is 1.00 e. The van der Waals surface area contributed by atoms with Crippen molar-refractivity contribution in [3.63, 3.8) is 0 Å². The molecule has 0 bridgehead atoms. The van der Waals surface area contributed by atoms with Crippen LogP contribution in [-0.4, -0.2) is 37.3 Å². The van der Waals surface area contributed by atoms with Crippen LogP contribution in [0.4, 0.5) is 0 Å². The number of hydrogen-bond donors (Lipinski definition) is 0. The maximum absolute atomic E-state index is 4.93. The van der Waals surface area contributed by atoms with Crippen LogP contribution in [-0.2, 0) is 15.5 Å². The summed E-state index contributed by atoms with van der Waals surface area (Å²) in [5, 5.41) is 0.348. The van der Waals surface area contributed by atoms with E-state index in [1.54, 1.807) is 0 Å². The Morgan fingerprint density at radius 3 is 2.08 bits per heavy atom. The van der Waals surface area contributed by atoms with E-state index in [1.807, 2.05) is 0 Å². The summed E-state index contributed by atoms with van der Waals surface area (Å²) < 4.78 is 0. The van der Waals surface area contributed by atoms with Crippen LogP contribution in [0.2, 0.25) is 0 Å². The summed E-state index contributed by atoms with van der Waals surface area (Å²) in [6, 6.07) is 0. The third kappa shape index (κ3) is 13.5. The van der Waals surface area contributed by atoms with Gasteiger partial charge in [0.25, 0.3) is 0 Å². The van der Waals surface area contributed by atoms with Crippen molar-refractivity contribution in [3.8, 4) is 0 Å². The molecule has 0 aromatic rings. The molecule has 0 rings (SSSR count). The van der Waals surface area contributed by atoms with Gasteiger partial charge < -0.3 is 24.8 Å². The minimum Gasteiger partial charge on any atom is -1.00 e. The molecule has 0 spiro atoms. The molecule has 5 heteroatoms. The zero-order valence-corrected chi connectivity index (χ0v) is 11.9. The van der Waals surface area contributed by atoms with Gasteiger partial charge in [-0.05, 0) is 0 Å². The molecule has 0 saturated carbocycles. The minimum atomic E-state index is 0. The Morgan fingerprint density at radius 1 is 1.31 bits per heavy atom. The molecule has 0 aromatic heterocycles. The Morgan fingerprint density at radius 2 is 1.77 bits per heavy atom. The van der Waals surface area contributed by atoms with E-state index >= 15 is 0 Å². The summed E-state index contributed by atoms with van der Waals surface area (Å²) >= 11 is 4.93. The normalized spacial score (nSPS) is 12.2. The molecule has 84 valence electrons. The average Bonchev–Trinajstić information content (AvgIpc) is 1.86. The quantitative estimate of drug-likeness (QED) is 0.370. The van der Waals surface area contributed by atoms with Gasteiger partial charge in [0.15, 0.2) is 0 Å². The monoisotopic (exact) mass is 287 g/mol. The molecule has 0 amide bonds. The molecule has 0 aliphatic rings. The Hall–Kier alpha value is 1.46. The molecule has 0 aromatic carbocycles. The fraction of sp³-hybridized carbons (Fsp3) is 0.875. The van der Waals surface area contributed by atoms with E-state index in [0.29, 0.717) is 5.01 Å². The van der Waals surface area contributed by atoms with Gasteiger partial charge >= 0.3 is 79.7 Å². The maximum Gasteiger partial charge on any atom is -1.00 e. The van der Waals surface area contributed by atoms with Crippen molar-refractivity contribution in [1.29, 1.82) is 0 Å². The van der Waals surface area contributed by atoms with Gasteiger partial charge in [-0.3, -0.25) is 0 Å². The fourth-order valence-electron chi connectivity index (χ4n) is 0.718. The van der Waals surface area contributed by atoms with Crippen molar-refractivity contribution in [3.05, 3.63) is 6.16 Å². The summed E-state index contributed by atoms with van der Waals surface area (Å²) in [6.07, 6.45) is 4.71. The summed E-state index contributed by atoms with van der Waals surface area (Å²) in [7, 11) is 4.27. The van der Waals surface area contributed by atoms with Crippen molar-refractivity contribution in [2.24, 2.45) is 0 Å². The summed E-state index contributed by atoms with van der Waals surface area (Å²) in [6.45, 7) is 4.54. The topological polar surface area (TPSA) is 3.24 Å². The van der Waals surface area contributed by atoms with Crippen LogP contribution in [0, 0.1) is 6.16 Å². The first kappa shape index (κ1) is 20.0. The molecule has 1 radical (unpaired) electrons. The summed E-state index contributed by atoms with van der Waals surface area (Å²) in [5.74, 6) is 0. The molecular formula is C8H18Cl2NNiP. The van der Waals surface area contributed by atoms with Crippen molar-refractivity contribution >= 4 is 7.92 Å². The number of nitrogens with zero attached hydrogens (tertiary/aromatic N) is 1. The van der Waals surface area contributed by atoms with E-state index in [9.17, 15) is 0 Å². The van der Waals surface area contributed by atoms with Crippen LogP contribution in [0.3, 0.4) is 0 Å². The average molecular weight is 289 g/mol. The zero-order chi connectivity index (χ0) is 8.85. The second-order valence-electron chi connectivity index (χ2n) is 3.08. The van der Waals surface area contributed by atoms with Gasteiger partial charge in [-0.15, -0.1) is 0 Å². The first-order chi connectivity index (χ1) is 5.04. The molecule has 0 N–H and O–H groups in total. The van der Waals surface area contributed by atoms with Crippen LogP contribution in [0.5, 0.6) is 0 Å². The zero-order valence-electron chi connectivity index (χ0n) is 8.54. The minimum absolute atomic E-state index is 0. The van der Waals surface area contributed by atoms with E-state index in [2.05, 4.69) is 38.5 Å². The van der Waals surface area contributed by atoms with Gasteiger partial charge in [0.05, 0.1) is 0 Å². The third-order valence-corrected chi connectivity index (χ3v) is 3.19. The molecule has 0 fully saturated rings. The summed E-state index contributed by atoms with van der Waals surface area (Å²) in [5.41, 5.74) is 0. The summed E-state index contributed by atoms with van der Waals surface area (Å²) in [4.78, 5) is 2.11. The van der Waals surface area contributed by atoms with E-state index in [-0.39, 0.29) is 32.7 Å². The first-order valence-corrected chi connectivity index (χ1v) is 6.68. The molecule has 0 aliphatic carbocycles. The Balaban J connectivity index is -0.000000500. The molecule has 0 saturated heterocycles. The van der Waals surface area contributed by atoms with Gasteiger partial charge in [-0.2, -0.15) is 0 Å². The molecule has 1 atom stereocenters. The fourth-order valence-corrected chi connectivity index (χ4v) is 1.55. The molecule has 1 nitrogen and oxygen atoms in total. The molecule has 1 unspecified atom stereocenters. The van der Waals surface area contributed by atoms with Gasteiger partial charge in [-0.25, -0.2) is 0 Å². The van der Waals surface area contributed by atoms with E-state index < -0.39 is 0 Å². The van der Waals surface area contributed by atoms with Gasteiger partial charge in [0.2, 0.25) is 0 Å². The molecule has 0 heterocycles. The predicted octanol–water partition coefficient (Wildman–Crippen LogP) is -3.89. The molecule has 0 aliphatic heterocycles. The second-order valence-corrected chi connectivity index (χ2v) is 6.03. The van der Waals surface area contributed by atoms with E-state index in [4.69, 9.17) is 15.5 Å². The van der Waals surface area contributed by atoms with E-state index in [0.717, 1.165) is 6.42 Å². The van der Waals surface area contributed by atoms with Crippen molar-refractivity contribution in [2.75, 3.05) is 27.4 Å². The Kier molecular flexibility index (Phi) is 17.7. The van der Waals surface area contributed by atoms with Crippen LogP contribution >= 0.6 is 7.92 Å². The van der Waals surface area contributed by atoms with Gasteiger partial charge in [0.1, 0.15) is 0 Å². The number of halogens is 2. The number of hydrogen-bond acceptors (Lipinski definition) is 1. The first-order valence-electron chi connectivity index (χ1n) is 3.80. The second kappa shape index (κ2) is 11.5. The van der Waals surface area contributed by atoms with Gasteiger partial charge in [0, 0.05) is 0 Å². The third-order valence-electron chi connectivity index (χ3n) is 1.41. The Labute approximate surface area is 104 Å². The van der Waals surface area contributed by atoms with Gasteiger partial charge in [-0.1, -0.05) is 0 Å². The van der Waals surface area contributed by atoms with Crippen LogP contribution in [0.25, 0.3) is 0 Å². The maximum atomic E-state index is 4.93. The van der Waals surface area contributed by atoms with Crippen LogP contribution in [0.15, 0.2) is 0 Å². The Bertz CT molecular complexity index is 104. The predicted molar refractivity (Wildman–Crippen MR) is 49.8 cm³/mol. The number of rotatable bonds is 5. The van der Waals surface area contributed by atoms with Crippen LogP contribution < -0.4 is 24.8 Å². The van der Waals surface area contributed by atoms with Crippen molar-refractivity contribution < 1.29 is 40.3 Å². The van der Waals surface area contributed by atoms with Crippen molar-refractivity contribution in [2.45, 2.75) is 17.9 Å². The molecule has 13 heavy (non-hydrogen) atoms. The standard InChI is InChI=1S/C8H18NP.2ClH.Ni/c1-9(2)7-5-6-8-10(3)4;;;/h7-8H,5-6H2,1-4H3;2*1H;/q;;;+2/p-2. The van der Waals surface area contributed by atoms with Crippen LogP contribution in [0.1, 0.15) is 12.8 Å². The largest absolute Gasteiger partial charge is 1.00 e. The molecular weight excluding hydrogens is 271 g/mol. The SMILES string of the molecule is CN(C)[CH]([Ni+2])CC[CH]P(C)C.[Cl-].[Cl-].